The summed E-state index contributed by atoms with van der Waals surface area (Å²) in [6.07, 6.45) is 2.25. The summed E-state index contributed by atoms with van der Waals surface area (Å²) in [4.78, 5) is 11.8. The highest BCUT2D eigenvalue weighted by Gasteiger charge is 2.13. The smallest absolute Gasteiger partial charge is 0.246 e. The molecule has 0 atom stereocenters. The van der Waals surface area contributed by atoms with Crippen LogP contribution in [0.3, 0.4) is 0 Å². The van der Waals surface area contributed by atoms with E-state index in [0.717, 1.165) is 17.0 Å². The van der Waals surface area contributed by atoms with Crippen molar-refractivity contribution >= 4 is 13.0 Å². The molecule has 1 aromatic carbocycles. The van der Waals surface area contributed by atoms with Crippen molar-refractivity contribution in [3.63, 3.8) is 0 Å². The van der Waals surface area contributed by atoms with E-state index >= 15 is 0 Å². The molecule has 1 rings (SSSR count). The van der Waals surface area contributed by atoms with Gasteiger partial charge in [-0.15, -0.1) is 0 Å². The minimum absolute atomic E-state index is 0.197. The monoisotopic (exact) mass is 297 g/mol. The molecular weight excluding hydrogens is 273 g/mol. The van der Waals surface area contributed by atoms with E-state index in [1.165, 1.54) is 5.56 Å². The number of carbonyl (C=O) groups is 1. The molecule has 1 aromatic rings. The topological polar surface area (TPSA) is 57.6 Å². The quantitative estimate of drug-likeness (QED) is 0.477. The van der Waals surface area contributed by atoms with E-state index in [9.17, 15) is 14.6 Å². The van der Waals surface area contributed by atoms with E-state index < -0.39 is 7.14 Å². The molecule has 0 aliphatic heterocycles. The number of hydrogen-bond acceptors (Lipinski definition) is 3. The molecule has 0 aliphatic rings. The SMILES string of the molecule is CCc1cccc(CN(O)C(=O)CCCP(C)(C)=O)c1. The Morgan fingerprint density at radius 1 is 1.30 bits per heavy atom. The molecule has 0 bridgehead atoms. The molecule has 1 N–H and O–H groups in total. The largest absolute Gasteiger partial charge is 0.324 e. The van der Waals surface area contributed by atoms with Crippen LogP contribution in [0.25, 0.3) is 0 Å². The molecule has 0 spiro atoms. The van der Waals surface area contributed by atoms with Crippen LogP contribution in [0.1, 0.15) is 30.9 Å². The molecule has 0 aromatic heterocycles. The molecule has 0 saturated carbocycles. The van der Waals surface area contributed by atoms with Gasteiger partial charge in [-0.2, -0.15) is 0 Å². The lowest BCUT2D eigenvalue weighted by molar-refractivity contribution is -0.168. The lowest BCUT2D eigenvalue weighted by Gasteiger charge is -2.16. The first-order valence-corrected chi connectivity index (χ1v) is 9.71. The van der Waals surface area contributed by atoms with Gasteiger partial charge in [0, 0.05) is 12.6 Å². The van der Waals surface area contributed by atoms with Gasteiger partial charge in [0.1, 0.15) is 0 Å². The number of amides is 1. The van der Waals surface area contributed by atoms with Gasteiger partial charge in [0.2, 0.25) is 5.91 Å². The van der Waals surface area contributed by atoms with Gasteiger partial charge in [-0.05, 0) is 37.3 Å². The minimum atomic E-state index is -2.08. The zero-order valence-corrected chi connectivity index (χ0v) is 13.4. The zero-order valence-electron chi connectivity index (χ0n) is 12.5. The predicted octanol–water partition coefficient (Wildman–Crippen LogP) is 3.37. The summed E-state index contributed by atoms with van der Waals surface area (Å²) in [6.45, 7) is 5.69. The fraction of sp³-hybridized carbons (Fsp3) is 0.533. The van der Waals surface area contributed by atoms with Crippen LogP contribution in [0.4, 0.5) is 0 Å². The Bertz CT molecular complexity index is 496. The van der Waals surface area contributed by atoms with Crippen molar-refractivity contribution in [2.24, 2.45) is 0 Å². The van der Waals surface area contributed by atoms with Gasteiger partial charge < -0.3 is 4.57 Å². The molecule has 4 nitrogen and oxygen atoms in total. The summed E-state index contributed by atoms with van der Waals surface area (Å²) >= 11 is 0. The van der Waals surface area contributed by atoms with Crippen molar-refractivity contribution < 1.29 is 14.6 Å². The van der Waals surface area contributed by atoms with E-state index in [1.54, 1.807) is 13.3 Å². The summed E-state index contributed by atoms with van der Waals surface area (Å²) in [7, 11) is -2.08. The number of hydroxylamine groups is 2. The summed E-state index contributed by atoms with van der Waals surface area (Å²) in [6, 6.07) is 7.83. The van der Waals surface area contributed by atoms with Gasteiger partial charge >= 0.3 is 0 Å². The van der Waals surface area contributed by atoms with Gasteiger partial charge in [0.15, 0.2) is 0 Å². The van der Waals surface area contributed by atoms with Crippen molar-refractivity contribution in [1.29, 1.82) is 0 Å². The Hall–Kier alpha value is -1.12. The average Bonchev–Trinajstić information content (AvgIpc) is 2.37. The molecule has 20 heavy (non-hydrogen) atoms. The van der Waals surface area contributed by atoms with Crippen molar-refractivity contribution in [1.82, 2.24) is 5.06 Å². The predicted molar refractivity (Wildman–Crippen MR) is 81.7 cm³/mol. The molecule has 112 valence electrons. The lowest BCUT2D eigenvalue weighted by Crippen LogP contribution is -2.26. The van der Waals surface area contributed by atoms with Crippen LogP contribution in [0.2, 0.25) is 0 Å². The van der Waals surface area contributed by atoms with Crippen LogP contribution >= 0.6 is 7.14 Å². The first-order valence-electron chi connectivity index (χ1n) is 6.93. The Kier molecular flexibility index (Phi) is 6.44. The Morgan fingerprint density at radius 2 is 1.95 bits per heavy atom. The third-order valence-electron chi connectivity index (χ3n) is 3.11. The zero-order chi connectivity index (χ0) is 15.2. The Morgan fingerprint density at radius 3 is 2.55 bits per heavy atom. The van der Waals surface area contributed by atoms with Crippen molar-refractivity contribution in [3.05, 3.63) is 35.4 Å². The number of benzene rings is 1. The maximum absolute atomic E-state index is 11.8. The summed E-state index contributed by atoms with van der Waals surface area (Å²) < 4.78 is 11.5. The number of aryl methyl sites for hydroxylation is 1. The van der Waals surface area contributed by atoms with Gasteiger partial charge in [-0.25, -0.2) is 5.06 Å². The van der Waals surface area contributed by atoms with E-state index in [0.29, 0.717) is 12.6 Å². The Labute approximate surface area is 121 Å². The summed E-state index contributed by atoms with van der Waals surface area (Å²) in [5.41, 5.74) is 2.10. The fourth-order valence-corrected chi connectivity index (χ4v) is 2.87. The van der Waals surface area contributed by atoms with E-state index in [2.05, 4.69) is 6.92 Å². The Balaban J connectivity index is 2.46. The second-order valence-electron chi connectivity index (χ2n) is 5.53. The normalized spacial score (nSPS) is 11.4. The third kappa shape index (κ3) is 6.36. The number of rotatable bonds is 7. The average molecular weight is 297 g/mol. The van der Waals surface area contributed by atoms with Gasteiger partial charge in [0.25, 0.3) is 0 Å². The number of hydrogen-bond donors (Lipinski definition) is 1. The van der Waals surface area contributed by atoms with Crippen molar-refractivity contribution in [2.45, 2.75) is 32.7 Å². The molecule has 0 aliphatic carbocycles. The highest BCUT2D eigenvalue weighted by molar-refractivity contribution is 7.62. The standard InChI is InChI=1S/C15H24NO3P/c1-4-13-7-5-8-14(11-13)12-16(18)15(17)9-6-10-20(2,3)19/h5,7-8,11,18H,4,6,9-10,12H2,1-3H3. The first-order chi connectivity index (χ1) is 9.31. The molecular formula is C15H24NO3P. The fourth-order valence-electron chi connectivity index (χ4n) is 1.95. The van der Waals surface area contributed by atoms with Gasteiger partial charge in [-0.1, -0.05) is 31.2 Å². The molecule has 0 radical (unpaired) electrons. The summed E-state index contributed by atoms with van der Waals surface area (Å²) in [5.74, 6) is -0.319. The van der Waals surface area contributed by atoms with Crippen LogP contribution in [-0.4, -0.2) is 35.7 Å². The number of carbonyl (C=O) groups excluding carboxylic acids is 1. The second-order valence-corrected chi connectivity index (χ2v) is 9.12. The van der Waals surface area contributed by atoms with E-state index in [-0.39, 0.29) is 18.9 Å². The summed E-state index contributed by atoms with van der Waals surface area (Å²) in [5, 5.41) is 10.5. The molecule has 1 amide bonds. The maximum Gasteiger partial charge on any atom is 0.246 e. The first kappa shape index (κ1) is 16.9. The van der Waals surface area contributed by atoms with E-state index in [1.807, 2.05) is 24.3 Å². The van der Waals surface area contributed by atoms with Crippen LogP contribution in [0, 0.1) is 0 Å². The van der Waals surface area contributed by atoms with Gasteiger partial charge in [-0.3, -0.25) is 10.0 Å². The minimum Gasteiger partial charge on any atom is -0.324 e. The highest BCUT2D eigenvalue weighted by Crippen LogP contribution is 2.36. The molecule has 0 heterocycles. The molecule has 0 saturated heterocycles. The number of nitrogens with zero attached hydrogens (tertiary/aromatic N) is 1. The molecule has 0 unspecified atom stereocenters. The molecule has 0 fully saturated rings. The van der Waals surface area contributed by atoms with Crippen LogP contribution < -0.4 is 0 Å². The third-order valence-corrected chi connectivity index (χ3v) is 4.50. The van der Waals surface area contributed by atoms with Crippen molar-refractivity contribution in [3.8, 4) is 0 Å². The van der Waals surface area contributed by atoms with Gasteiger partial charge in [0.05, 0.1) is 13.7 Å². The lowest BCUT2D eigenvalue weighted by atomic mass is 10.1. The van der Waals surface area contributed by atoms with Crippen LogP contribution in [-0.2, 0) is 22.3 Å². The van der Waals surface area contributed by atoms with Crippen molar-refractivity contribution in [2.75, 3.05) is 19.5 Å². The van der Waals surface area contributed by atoms with E-state index in [4.69, 9.17) is 0 Å². The maximum atomic E-state index is 11.8. The second kappa shape index (κ2) is 7.61. The molecule has 5 heteroatoms. The van der Waals surface area contributed by atoms with Crippen LogP contribution in [0.5, 0.6) is 0 Å². The highest BCUT2D eigenvalue weighted by atomic mass is 31.2. The van der Waals surface area contributed by atoms with Crippen LogP contribution in [0.15, 0.2) is 24.3 Å².